The number of carbonyl (C=O) groups excluding carboxylic acids is 1. The van der Waals surface area contributed by atoms with Crippen LogP contribution in [-0.4, -0.2) is 24.0 Å². The van der Waals surface area contributed by atoms with Crippen LogP contribution in [0.15, 0.2) is 18.2 Å². The van der Waals surface area contributed by atoms with Crippen LogP contribution in [0.1, 0.15) is 30.4 Å². The number of aliphatic carboxylic acids is 1. The van der Waals surface area contributed by atoms with Crippen molar-refractivity contribution in [3.8, 4) is 0 Å². The van der Waals surface area contributed by atoms with Crippen LogP contribution in [0, 0.1) is 5.41 Å². The summed E-state index contributed by atoms with van der Waals surface area (Å²) in [6.07, 6.45) is 3.53. The molecule has 0 atom stereocenters. The number of likely N-dealkylation sites (N-methyl/N-ethyl adjacent to an activating group) is 1. The average Bonchev–Trinajstić information content (AvgIpc) is 2.59. The number of rotatable bonds is 3. The Morgan fingerprint density at radius 1 is 1.42 bits per heavy atom. The summed E-state index contributed by atoms with van der Waals surface area (Å²) in [6, 6.07) is 5.89. The fraction of sp³-hybridized carbons (Fsp3) is 0.467. The molecule has 1 N–H and O–H groups in total. The van der Waals surface area contributed by atoms with Gasteiger partial charge in [-0.2, -0.15) is 0 Å². The molecule has 4 heteroatoms. The minimum Gasteiger partial charge on any atom is -0.481 e. The van der Waals surface area contributed by atoms with Crippen molar-refractivity contribution in [1.29, 1.82) is 0 Å². The molecule has 1 heterocycles. The smallest absolute Gasteiger partial charge is 0.309 e. The van der Waals surface area contributed by atoms with Gasteiger partial charge >= 0.3 is 5.97 Å². The molecule has 0 bridgehead atoms. The summed E-state index contributed by atoms with van der Waals surface area (Å²) in [6.45, 7) is 0. The molecule has 19 heavy (non-hydrogen) atoms. The van der Waals surface area contributed by atoms with Crippen LogP contribution >= 0.6 is 0 Å². The predicted molar refractivity (Wildman–Crippen MR) is 71.2 cm³/mol. The number of anilines is 1. The Morgan fingerprint density at radius 2 is 2.16 bits per heavy atom. The molecule has 1 aliphatic heterocycles. The van der Waals surface area contributed by atoms with E-state index in [0.29, 0.717) is 12.8 Å². The number of benzene rings is 1. The number of carbonyl (C=O) groups is 2. The van der Waals surface area contributed by atoms with E-state index in [9.17, 15) is 14.7 Å². The van der Waals surface area contributed by atoms with Gasteiger partial charge in [-0.25, -0.2) is 0 Å². The highest BCUT2D eigenvalue weighted by molar-refractivity contribution is 6.00. The Bertz CT molecular complexity index is 561. The van der Waals surface area contributed by atoms with E-state index < -0.39 is 11.4 Å². The van der Waals surface area contributed by atoms with E-state index in [4.69, 9.17) is 0 Å². The maximum absolute atomic E-state index is 11.6. The third kappa shape index (κ3) is 1.82. The van der Waals surface area contributed by atoms with E-state index in [1.807, 2.05) is 18.2 Å². The number of carboxylic acids is 1. The Hall–Kier alpha value is -1.84. The molecule has 1 saturated carbocycles. The van der Waals surface area contributed by atoms with Crippen molar-refractivity contribution in [2.45, 2.75) is 32.1 Å². The first kappa shape index (κ1) is 12.2. The van der Waals surface area contributed by atoms with Crippen molar-refractivity contribution < 1.29 is 14.7 Å². The van der Waals surface area contributed by atoms with E-state index >= 15 is 0 Å². The molecule has 100 valence electrons. The summed E-state index contributed by atoms with van der Waals surface area (Å²) >= 11 is 0. The lowest BCUT2D eigenvalue weighted by molar-refractivity contribution is -0.154. The van der Waals surface area contributed by atoms with Gasteiger partial charge in [0.2, 0.25) is 5.91 Å². The highest BCUT2D eigenvalue weighted by atomic mass is 16.4. The molecule has 1 aliphatic carbocycles. The zero-order chi connectivity index (χ0) is 13.6. The Balaban J connectivity index is 1.86. The van der Waals surface area contributed by atoms with Gasteiger partial charge in [0.15, 0.2) is 0 Å². The van der Waals surface area contributed by atoms with Gasteiger partial charge in [0.1, 0.15) is 0 Å². The zero-order valence-electron chi connectivity index (χ0n) is 11.0. The molecule has 2 aliphatic rings. The van der Waals surface area contributed by atoms with Gasteiger partial charge in [0, 0.05) is 12.7 Å². The molecule has 0 saturated heterocycles. The number of hydrogen-bond acceptors (Lipinski definition) is 2. The second-order valence-electron chi connectivity index (χ2n) is 5.71. The summed E-state index contributed by atoms with van der Waals surface area (Å²) < 4.78 is 0. The van der Waals surface area contributed by atoms with Crippen LogP contribution in [0.4, 0.5) is 5.69 Å². The van der Waals surface area contributed by atoms with Gasteiger partial charge in [0.25, 0.3) is 0 Å². The van der Waals surface area contributed by atoms with E-state index in [0.717, 1.165) is 36.1 Å². The summed E-state index contributed by atoms with van der Waals surface area (Å²) in [5.74, 6) is -0.587. The molecular formula is C15H17NO3. The summed E-state index contributed by atoms with van der Waals surface area (Å²) in [5, 5.41) is 9.36. The zero-order valence-corrected chi connectivity index (χ0v) is 11.0. The van der Waals surface area contributed by atoms with Crippen LogP contribution in [0.3, 0.4) is 0 Å². The maximum Gasteiger partial charge on any atom is 0.309 e. The molecule has 1 amide bonds. The molecule has 4 nitrogen and oxygen atoms in total. The lowest BCUT2D eigenvalue weighted by atomic mass is 9.65. The molecule has 0 aromatic heterocycles. The number of hydrogen-bond donors (Lipinski definition) is 1. The molecule has 1 fully saturated rings. The Kier molecular flexibility index (Phi) is 2.62. The van der Waals surface area contributed by atoms with Gasteiger partial charge in [-0.15, -0.1) is 0 Å². The highest BCUT2D eigenvalue weighted by Gasteiger charge is 2.44. The second-order valence-corrected chi connectivity index (χ2v) is 5.71. The van der Waals surface area contributed by atoms with Gasteiger partial charge in [-0.1, -0.05) is 18.6 Å². The van der Waals surface area contributed by atoms with Gasteiger partial charge < -0.3 is 10.0 Å². The SMILES string of the molecule is CN1C(=O)Cc2cc(CC3(C(=O)O)CCC3)ccc21. The van der Waals surface area contributed by atoms with Crippen molar-refractivity contribution >= 4 is 17.6 Å². The Morgan fingerprint density at radius 3 is 2.74 bits per heavy atom. The van der Waals surface area contributed by atoms with Crippen LogP contribution in [-0.2, 0) is 22.4 Å². The first-order valence-electron chi connectivity index (χ1n) is 6.64. The van der Waals surface area contributed by atoms with Crippen molar-refractivity contribution in [3.63, 3.8) is 0 Å². The highest BCUT2D eigenvalue weighted by Crippen LogP contribution is 2.44. The van der Waals surface area contributed by atoms with Crippen LogP contribution in [0.25, 0.3) is 0 Å². The third-order valence-electron chi connectivity index (χ3n) is 4.53. The lowest BCUT2D eigenvalue weighted by Gasteiger charge is -2.37. The van der Waals surface area contributed by atoms with Crippen molar-refractivity contribution in [1.82, 2.24) is 0 Å². The summed E-state index contributed by atoms with van der Waals surface area (Å²) in [4.78, 5) is 24.7. The van der Waals surface area contributed by atoms with Crippen LogP contribution in [0.2, 0.25) is 0 Å². The van der Waals surface area contributed by atoms with Gasteiger partial charge in [0.05, 0.1) is 11.8 Å². The fourth-order valence-electron chi connectivity index (χ4n) is 3.09. The second kappa shape index (κ2) is 4.08. The van der Waals surface area contributed by atoms with E-state index in [1.165, 1.54) is 0 Å². The van der Waals surface area contributed by atoms with Gasteiger partial charge in [-0.3, -0.25) is 9.59 Å². The van der Waals surface area contributed by atoms with Gasteiger partial charge in [-0.05, 0) is 36.5 Å². The van der Waals surface area contributed by atoms with Crippen molar-refractivity contribution in [2.24, 2.45) is 5.41 Å². The number of nitrogens with zero attached hydrogens (tertiary/aromatic N) is 1. The lowest BCUT2D eigenvalue weighted by Crippen LogP contribution is -2.39. The number of amides is 1. The van der Waals surface area contributed by atoms with Crippen molar-refractivity contribution in [3.05, 3.63) is 29.3 Å². The third-order valence-corrected chi connectivity index (χ3v) is 4.53. The first-order chi connectivity index (χ1) is 9.02. The molecule has 1 aromatic rings. The minimum atomic E-state index is -0.688. The first-order valence-corrected chi connectivity index (χ1v) is 6.64. The monoisotopic (exact) mass is 259 g/mol. The number of fused-ring (bicyclic) bond motifs is 1. The molecular weight excluding hydrogens is 242 g/mol. The average molecular weight is 259 g/mol. The quantitative estimate of drug-likeness (QED) is 0.903. The topological polar surface area (TPSA) is 57.6 Å². The normalized spacial score (nSPS) is 20.1. The molecule has 0 radical (unpaired) electrons. The van der Waals surface area contributed by atoms with Crippen molar-refractivity contribution in [2.75, 3.05) is 11.9 Å². The van der Waals surface area contributed by atoms with E-state index in [2.05, 4.69) is 0 Å². The van der Waals surface area contributed by atoms with Crippen LogP contribution < -0.4 is 4.90 Å². The fourth-order valence-corrected chi connectivity index (χ4v) is 3.09. The standard InChI is InChI=1S/C15H17NO3/c1-16-12-4-3-10(7-11(12)8-13(16)17)9-15(14(18)19)5-2-6-15/h3-4,7H,2,5-6,8-9H2,1H3,(H,18,19). The summed E-state index contributed by atoms with van der Waals surface area (Å²) in [7, 11) is 1.78. The molecule has 3 rings (SSSR count). The van der Waals surface area contributed by atoms with E-state index in [-0.39, 0.29) is 5.91 Å². The largest absolute Gasteiger partial charge is 0.481 e. The van der Waals surface area contributed by atoms with Crippen LogP contribution in [0.5, 0.6) is 0 Å². The molecule has 0 unspecified atom stereocenters. The maximum atomic E-state index is 11.6. The Labute approximate surface area is 112 Å². The minimum absolute atomic E-state index is 0.101. The number of carboxylic acid groups (broad SMARTS) is 1. The summed E-state index contributed by atoms with van der Waals surface area (Å²) in [5.41, 5.74) is 2.43. The van der Waals surface area contributed by atoms with E-state index in [1.54, 1.807) is 11.9 Å². The predicted octanol–water partition coefficient (Wildman–Crippen LogP) is 2.00. The molecule has 1 aromatic carbocycles. The molecule has 0 spiro atoms.